The highest BCUT2D eigenvalue weighted by atomic mass is 19.2. The van der Waals surface area contributed by atoms with Crippen LogP contribution in [0.1, 0.15) is 0 Å². The van der Waals surface area contributed by atoms with Gasteiger partial charge in [-0.15, -0.1) is 0 Å². The highest BCUT2D eigenvalue weighted by Gasteiger charge is 2.21. The highest BCUT2D eigenvalue weighted by molar-refractivity contribution is 5.81. The Labute approximate surface area is 124 Å². The van der Waals surface area contributed by atoms with Gasteiger partial charge in [-0.3, -0.25) is 9.36 Å². The lowest BCUT2D eigenvalue weighted by atomic mass is 10.2. The van der Waals surface area contributed by atoms with Gasteiger partial charge in [0.15, 0.2) is 46.2 Å². The number of nitrogens with two attached hydrogens (primary N) is 1. The first-order chi connectivity index (χ1) is 10.8. The van der Waals surface area contributed by atoms with Crippen molar-refractivity contribution in [2.75, 3.05) is 5.73 Å². The molecule has 1 aromatic carbocycles. The van der Waals surface area contributed by atoms with E-state index in [9.17, 15) is 26.7 Å². The van der Waals surface area contributed by atoms with E-state index in [0.717, 1.165) is 12.3 Å². The standard InChI is InChI=1S/C14H6F5N3O/c15-6-3-5-9(23)1-2-22(12(5)11(19)10(6)18)14-8(17)4-7(16)13(20)21-14/h1-4H,(H2,20,21). The molecular formula is C14H6F5N3O. The Morgan fingerprint density at radius 1 is 0.957 bits per heavy atom. The first-order valence-electron chi connectivity index (χ1n) is 6.12. The fourth-order valence-electron chi connectivity index (χ4n) is 2.13. The molecule has 0 saturated carbocycles. The summed E-state index contributed by atoms with van der Waals surface area (Å²) in [4.78, 5) is 15.1. The molecule has 0 unspecified atom stereocenters. The molecule has 0 spiro atoms. The molecule has 0 atom stereocenters. The van der Waals surface area contributed by atoms with Crippen LogP contribution in [-0.2, 0) is 0 Å². The van der Waals surface area contributed by atoms with E-state index in [1.54, 1.807) is 0 Å². The monoisotopic (exact) mass is 327 g/mol. The molecular weight excluding hydrogens is 321 g/mol. The fraction of sp³-hybridized carbons (Fsp3) is 0. The second-order valence-corrected chi connectivity index (χ2v) is 4.59. The maximum atomic E-state index is 14.1. The molecule has 9 heteroatoms. The molecule has 0 bridgehead atoms. The van der Waals surface area contributed by atoms with Gasteiger partial charge in [-0.2, -0.15) is 0 Å². The molecule has 0 aliphatic carbocycles. The predicted octanol–water partition coefficient (Wildman–Crippen LogP) is 2.66. The lowest BCUT2D eigenvalue weighted by Gasteiger charge is -2.12. The van der Waals surface area contributed by atoms with Gasteiger partial charge in [0.05, 0.1) is 10.9 Å². The van der Waals surface area contributed by atoms with E-state index in [1.807, 2.05) is 0 Å². The Morgan fingerprint density at radius 2 is 1.65 bits per heavy atom. The van der Waals surface area contributed by atoms with Gasteiger partial charge < -0.3 is 5.73 Å². The third-order valence-corrected chi connectivity index (χ3v) is 3.18. The summed E-state index contributed by atoms with van der Waals surface area (Å²) >= 11 is 0. The molecule has 4 nitrogen and oxygen atoms in total. The van der Waals surface area contributed by atoms with Crippen LogP contribution in [0.25, 0.3) is 16.7 Å². The van der Waals surface area contributed by atoms with Gasteiger partial charge in [0.2, 0.25) is 0 Å². The summed E-state index contributed by atoms with van der Waals surface area (Å²) in [7, 11) is 0. The number of halogens is 5. The number of benzene rings is 1. The van der Waals surface area contributed by atoms with Crippen molar-refractivity contribution in [2.24, 2.45) is 0 Å². The molecule has 0 amide bonds. The van der Waals surface area contributed by atoms with E-state index in [1.165, 1.54) is 0 Å². The van der Waals surface area contributed by atoms with Crippen molar-refractivity contribution in [3.63, 3.8) is 0 Å². The number of hydrogen-bond acceptors (Lipinski definition) is 3. The van der Waals surface area contributed by atoms with Crippen molar-refractivity contribution in [1.82, 2.24) is 9.55 Å². The van der Waals surface area contributed by atoms with Crippen LogP contribution in [-0.4, -0.2) is 9.55 Å². The molecule has 118 valence electrons. The van der Waals surface area contributed by atoms with Crippen LogP contribution in [0.2, 0.25) is 0 Å². The number of anilines is 1. The van der Waals surface area contributed by atoms with Gasteiger partial charge in [-0.05, 0) is 6.07 Å². The van der Waals surface area contributed by atoms with Crippen LogP contribution in [0.15, 0.2) is 29.2 Å². The molecule has 0 saturated heterocycles. The van der Waals surface area contributed by atoms with Crippen LogP contribution in [0.3, 0.4) is 0 Å². The number of hydrogen-bond donors (Lipinski definition) is 1. The van der Waals surface area contributed by atoms with Crippen molar-refractivity contribution >= 4 is 16.7 Å². The van der Waals surface area contributed by atoms with Crippen molar-refractivity contribution < 1.29 is 22.0 Å². The van der Waals surface area contributed by atoms with Gasteiger partial charge in [0.1, 0.15) is 0 Å². The van der Waals surface area contributed by atoms with Crippen LogP contribution in [0, 0.1) is 29.1 Å². The molecule has 0 aliphatic rings. The highest BCUT2D eigenvalue weighted by Crippen LogP contribution is 2.25. The summed E-state index contributed by atoms with van der Waals surface area (Å²) in [5.41, 5.74) is 3.68. The van der Waals surface area contributed by atoms with Gasteiger partial charge in [0, 0.05) is 18.3 Å². The lowest BCUT2D eigenvalue weighted by Crippen LogP contribution is -2.13. The Bertz CT molecular complexity index is 1020. The second kappa shape index (κ2) is 5.04. The van der Waals surface area contributed by atoms with Crippen LogP contribution in [0.4, 0.5) is 27.8 Å². The maximum absolute atomic E-state index is 14.1. The summed E-state index contributed by atoms with van der Waals surface area (Å²) in [5.74, 6) is -8.85. The Morgan fingerprint density at radius 3 is 2.35 bits per heavy atom. The number of rotatable bonds is 1. The third-order valence-electron chi connectivity index (χ3n) is 3.18. The second-order valence-electron chi connectivity index (χ2n) is 4.59. The Balaban J connectivity index is 2.49. The predicted molar refractivity (Wildman–Crippen MR) is 71.5 cm³/mol. The van der Waals surface area contributed by atoms with Crippen molar-refractivity contribution in [3.8, 4) is 5.82 Å². The molecule has 3 aromatic rings. The lowest BCUT2D eigenvalue weighted by molar-refractivity contribution is 0.451. The summed E-state index contributed by atoms with van der Waals surface area (Å²) < 4.78 is 68.6. The fourth-order valence-corrected chi connectivity index (χ4v) is 2.13. The van der Waals surface area contributed by atoms with Gasteiger partial charge >= 0.3 is 0 Å². The average molecular weight is 327 g/mol. The number of nitrogen functional groups attached to an aromatic ring is 1. The maximum Gasteiger partial charge on any atom is 0.196 e. The zero-order valence-corrected chi connectivity index (χ0v) is 11.1. The molecule has 2 aromatic heterocycles. The summed E-state index contributed by atoms with van der Waals surface area (Å²) in [6.07, 6.45) is 0.897. The molecule has 3 rings (SSSR count). The smallest absolute Gasteiger partial charge is 0.196 e. The van der Waals surface area contributed by atoms with Gasteiger partial charge in [0.25, 0.3) is 0 Å². The van der Waals surface area contributed by atoms with Crippen LogP contribution < -0.4 is 11.2 Å². The summed E-state index contributed by atoms with van der Waals surface area (Å²) in [5, 5.41) is -0.534. The SMILES string of the molecule is Nc1nc(-n2ccc(=O)c3cc(F)c(F)c(F)c32)c(F)cc1F. The quantitative estimate of drug-likeness (QED) is 0.552. The number of aromatic nitrogens is 2. The molecule has 23 heavy (non-hydrogen) atoms. The van der Waals surface area contributed by atoms with Crippen molar-refractivity contribution in [2.45, 2.75) is 0 Å². The summed E-state index contributed by atoms with van der Waals surface area (Å²) in [6, 6.07) is 1.76. The van der Waals surface area contributed by atoms with Gasteiger partial charge in [-0.25, -0.2) is 26.9 Å². The average Bonchev–Trinajstić information content (AvgIpc) is 2.50. The number of fused-ring (bicyclic) bond motifs is 1. The number of pyridine rings is 2. The van der Waals surface area contributed by atoms with E-state index < -0.39 is 57.1 Å². The minimum Gasteiger partial charge on any atom is -0.381 e. The zero-order valence-electron chi connectivity index (χ0n) is 11.1. The zero-order chi connectivity index (χ0) is 16.9. The molecule has 2 heterocycles. The Hall–Kier alpha value is -2.97. The van der Waals surface area contributed by atoms with E-state index in [2.05, 4.69) is 4.98 Å². The van der Waals surface area contributed by atoms with E-state index >= 15 is 0 Å². The third kappa shape index (κ3) is 2.20. The largest absolute Gasteiger partial charge is 0.381 e. The van der Waals surface area contributed by atoms with E-state index in [4.69, 9.17) is 5.73 Å². The molecule has 0 aliphatic heterocycles. The minimum atomic E-state index is -1.84. The number of nitrogens with zero attached hydrogens (tertiary/aromatic N) is 2. The van der Waals surface area contributed by atoms with Crippen LogP contribution >= 0.6 is 0 Å². The van der Waals surface area contributed by atoms with E-state index in [-0.39, 0.29) is 0 Å². The normalized spacial score (nSPS) is 11.2. The van der Waals surface area contributed by atoms with Crippen LogP contribution in [0.5, 0.6) is 0 Å². The Kier molecular flexibility index (Phi) is 3.28. The topological polar surface area (TPSA) is 60.9 Å². The van der Waals surface area contributed by atoms with Crippen molar-refractivity contribution in [3.05, 3.63) is 63.7 Å². The first-order valence-corrected chi connectivity index (χ1v) is 6.12. The summed E-state index contributed by atoms with van der Waals surface area (Å²) in [6.45, 7) is 0. The van der Waals surface area contributed by atoms with Crippen molar-refractivity contribution in [1.29, 1.82) is 0 Å². The minimum absolute atomic E-state index is 0.402. The first kappa shape index (κ1) is 14.9. The molecule has 0 fully saturated rings. The van der Waals surface area contributed by atoms with E-state index in [0.29, 0.717) is 16.7 Å². The molecule has 2 N–H and O–H groups in total. The van der Waals surface area contributed by atoms with Gasteiger partial charge in [-0.1, -0.05) is 0 Å². The molecule has 0 radical (unpaired) electrons.